The molecule has 41 heavy (non-hydrogen) atoms. The minimum absolute atomic E-state index is 0.0142. The second-order valence-electron chi connectivity index (χ2n) is 9.34. The van der Waals surface area contributed by atoms with Crippen molar-refractivity contribution in [1.82, 2.24) is 49.5 Å². The van der Waals surface area contributed by atoms with E-state index in [1.165, 1.54) is 51.4 Å². The topological polar surface area (TPSA) is 167 Å². The maximum Gasteiger partial charge on any atom is 0.281 e. The summed E-state index contributed by atoms with van der Waals surface area (Å²) in [5, 5.41) is 19.1. The quantitative estimate of drug-likeness (QED) is 0.291. The molecular weight excluding hydrogens is 579 g/mol. The smallest absolute Gasteiger partial charge is 0.281 e. The number of ether oxygens (including phenoxy) is 1. The lowest BCUT2D eigenvalue weighted by molar-refractivity contribution is 0.313. The fraction of sp³-hybridized carbons (Fsp3) is 0.292. The van der Waals surface area contributed by atoms with E-state index in [1.807, 2.05) is 0 Å². The molecule has 6 rings (SSSR count). The number of fused-ring (bicyclic) bond motifs is 1. The van der Waals surface area contributed by atoms with Crippen LogP contribution in [0.3, 0.4) is 0 Å². The van der Waals surface area contributed by atoms with E-state index < -0.39 is 21.4 Å². The number of aromatic amines is 1. The van der Waals surface area contributed by atoms with Gasteiger partial charge in [0.05, 0.1) is 18.6 Å². The van der Waals surface area contributed by atoms with Gasteiger partial charge < -0.3 is 9.72 Å². The third-order valence-electron chi connectivity index (χ3n) is 6.99. The van der Waals surface area contributed by atoms with Crippen LogP contribution in [0.5, 0.6) is 5.75 Å². The van der Waals surface area contributed by atoms with Gasteiger partial charge in [0, 0.05) is 35.7 Å². The summed E-state index contributed by atoms with van der Waals surface area (Å²) in [5.74, 6) is -0.0569. The van der Waals surface area contributed by atoms with Crippen LogP contribution in [0.4, 0.5) is 4.39 Å². The summed E-state index contributed by atoms with van der Waals surface area (Å²) >= 11 is 6.17. The molecular formula is C24H22ClFN10O4S. The van der Waals surface area contributed by atoms with Gasteiger partial charge in [0.2, 0.25) is 10.0 Å². The summed E-state index contributed by atoms with van der Waals surface area (Å²) in [6, 6.07) is 8.82. The Labute approximate surface area is 236 Å². The molecule has 0 bridgehead atoms. The summed E-state index contributed by atoms with van der Waals surface area (Å²) in [7, 11) is -2.41. The standard InChI is InChI=1S/C24H22ClFN10O4S/c1-40-20-11-15(5-6-19(20)36-13-27-31-33-36)41(38,39)34-9-7-14(8-10-34)22-28-23-21(24(37)29-22)30-32-35(23)12-16-17(25)3-2-4-18(16)26/h2-6,11,13-14H,7-10,12H2,1H3,(H,28,29,37). The number of nitrogens with zero attached hydrogens (tertiary/aromatic N) is 9. The van der Waals surface area contributed by atoms with E-state index in [-0.39, 0.29) is 52.2 Å². The van der Waals surface area contributed by atoms with Crippen molar-refractivity contribution in [3.63, 3.8) is 0 Å². The lowest BCUT2D eigenvalue weighted by Gasteiger charge is -2.30. The molecule has 0 aliphatic carbocycles. The van der Waals surface area contributed by atoms with Crippen molar-refractivity contribution in [2.75, 3.05) is 20.2 Å². The Morgan fingerprint density at radius 2 is 1.98 bits per heavy atom. The molecule has 0 atom stereocenters. The molecule has 2 aromatic carbocycles. The van der Waals surface area contributed by atoms with Gasteiger partial charge in [-0.2, -0.15) is 8.99 Å². The first-order valence-electron chi connectivity index (χ1n) is 12.4. The van der Waals surface area contributed by atoms with E-state index in [2.05, 4.69) is 35.8 Å². The summed E-state index contributed by atoms with van der Waals surface area (Å²) in [5.41, 5.74) is 0.409. The lowest BCUT2D eigenvalue weighted by Crippen LogP contribution is -2.38. The average Bonchev–Trinajstić information content (AvgIpc) is 3.66. The first-order valence-corrected chi connectivity index (χ1v) is 14.3. The van der Waals surface area contributed by atoms with Crippen LogP contribution >= 0.6 is 11.6 Å². The average molecular weight is 601 g/mol. The molecule has 0 unspecified atom stereocenters. The molecule has 0 radical (unpaired) electrons. The number of rotatable bonds is 7. The lowest BCUT2D eigenvalue weighted by atomic mass is 9.97. The summed E-state index contributed by atoms with van der Waals surface area (Å²) in [4.78, 5) is 20.2. The minimum Gasteiger partial charge on any atom is -0.494 e. The molecule has 212 valence electrons. The zero-order valence-electron chi connectivity index (χ0n) is 21.5. The maximum absolute atomic E-state index is 14.4. The van der Waals surface area contributed by atoms with E-state index in [4.69, 9.17) is 16.3 Å². The van der Waals surface area contributed by atoms with Gasteiger partial charge in [0.15, 0.2) is 11.2 Å². The number of aromatic nitrogens is 9. The van der Waals surface area contributed by atoms with Crippen molar-refractivity contribution >= 4 is 32.8 Å². The molecule has 5 aromatic rings. The highest BCUT2D eigenvalue weighted by Crippen LogP contribution is 2.32. The number of hydrogen-bond donors (Lipinski definition) is 1. The predicted molar refractivity (Wildman–Crippen MR) is 143 cm³/mol. The minimum atomic E-state index is -3.84. The number of H-pyrrole nitrogens is 1. The second kappa shape index (κ2) is 10.6. The van der Waals surface area contributed by atoms with E-state index in [1.54, 1.807) is 12.1 Å². The SMILES string of the molecule is COc1cc(S(=O)(=O)N2CCC(c3nc4c(nnn4Cc4c(F)cccc4Cl)c(=O)[nH]3)CC2)ccc1-n1cnnn1. The fourth-order valence-corrected chi connectivity index (χ4v) is 6.52. The van der Waals surface area contributed by atoms with Gasteiger partial charge in [-0.3, -0.25) is 4.79 Å². The van der Waals surface area contributed by atoms with Crippen molar-refractivity contribution in [3.8, 4) is 11.4 Å². The van der Waals surface area contributed by atoms with E-state index in [9.17, 15) is 17.6 Å². The van der Waals surface area contributed by atoms with Gasteiger partial charge in [-0.25, -0.2) is 22.5 Å². The number of halogens is 2. The largest absolute Gasteiger partial charge is 0.494 e. The third-order valence-corrected chi connectivity index (χ3v) is 9.24. The third kappa shape index (κ3) is 4.93. The number of methoxy groups -OCH3 is 1. The van der Waals surface area contributed by atoms with Crippen LogP contribution in [-0.4, -0.2) is 78.1 Å². The van der Waals surface area contributed by atoms with Crippen LogP contribution in [0.1, 0.15) is 30.1 Å². The van der Waals surface area contributed by atoms with Crippen LogP contribution in [0.15, 0.2) is 52.4 Å². The molecule has 17 heteroatoms. The Balaban J connectivity index is 1.22. The summed E-state index contributed by atoms with van der Waals surface area (Å²) in [6.07, 6.45) is 2.20. The predicted octanol–water partition coefficient (Wildman–Crippen LogP) is 1.91. The molecule has 1 aliphatic heterocycles. The van der Waals surface area contributed by atoms with Gasteiger partial charge in [0.1, 0.15) is 29.4 Å². The first kappa shape index (κ1) is 26.9. The van der Waals surface area contributed by atoms with Crippen molar-refractivity contribution in [1.29, 1.82) is 0 Å². The molecule has 0 saturated carbocycles. The number of benzene rings is 2. The van der Waals surface area contributed by atoms with Gasteiger partial charge in [-0.15, -0.1) is 10.2 Å². The van der Waals surface area contributed by atoms with Crippen LogP contribution in [0, 0.1) is 5.82 Å². The van der Waals surface area contributed by atoms with Crippen molar-refractivity contribution < 1.29 is 17.5 Å². The highest BCUT2D eigenvalue weighted by Gasteiger charge is 2.32. The highest BCUT2D eigenvalue weighted by molar-refractivity contribution is 7.89. The maximum atomic E-state index is 14.4. The molecule has 4 heterocycles. The van der Waals surface area contributed by atoms with Gasteiger partial charge in [-0.05, 0) is 47.5 Å². The van der Waals surface area contributed by atoms with Gasteiger partial charge in [-0.1, -0.05) is 22.9 Å². The molecule has 0 spiro atoms. The fourth-order valence-electron chi connectivity index (χ4n) is 4.81. The molecule has 14 nitrogen and oxygen atoms in total. The number of sulfonamides is 1. The number of nitrogens with one attached hydrogen (secondary N) is 1. The first-order chi connectivity index (χ1) is 19.8. The van der Waals surface area contributed by atoms with E-state index >= 15 is 0 Å². The second-order valence-corrected chi connectivity index (χ2v) is 11.7. The molecule has 1 fully saturated rings. The van der Waals surface area contributed by atoms with Crippen molar-refractivity contribution in [2.24, 2.45) is 0 Å². The Bertz CT molecular complexity index is 1880. The van der Waals surface area contributed by atoms with Crippen LogP contribution < -0.4 is 10.3 Å². The Morgan fingerprint density at radius 1 is 1.17 bits per heavy atom. The molecule has 1 aliphatic rings. The molecule has 1 N–H and O–H groups in total. The summed E-state index contributed by atoms with van der Waals surface area (Å²) < 4.78 is 50.7. The molecule has 1 saturated heterocycles. The van der Waals surface area contributed by atoms with Gasteiger partial charge >= 0.3 is 0 Å². The highest BCUT2D eigenvalue weighted by atomic mass is 35.5. The Morgan fingerprint density at radius 3 is 2.68 bits per heavy atom. The normalized spacial score (nSPS) is 15.0. The summed E-state index contributed by atoms with van der Waals surface area (Å²) in [6.45, 7) is 0.340. The van der Waals surface area contributed by atoms with Crippen LogP contribution in [0.25, 0.3) is 16.9 Å². The van der Waals surface area contributed by atoms with Crippen LogP contribution in [-0.2, 0) is 16.6 Å². The van der Waals surface area contributed by atoms with Crippen molar-refractivity contribution in [3.05, 3.63) is 75.3 Å². The van der Waals surface area contributed by atoms with Crippen molar-refractivity contribution in [2.45, 2.75) is 30.2 Å². The van der Waals surface area contributed by atoms with Crippen LogP contribution in [0.2, 0.25) is 5.02 Å². The number of hydrogen-bond acceptors (Lipinski definition) is 10. The van der Waals surface area contributed by atoms with Gasteiger partial charge in [0.25, 0.3) is 5.56 Å². The van der Waals surface area contributed by atoms with E-state index in [0.717, 1.165) is 0 Å². The van der Waals surface area contributed by atoms with E-state index in [0.29, 0.717) is 30.1 Å². The Kier molecular flexibility index (Phi) is 6.96. The zero-order chi connectivity index (χ0) is 28.7. The number of piperidine rings is 1. The molecule has 0 amide bonds. The monoisotopic (exact) mass is 600 g/mol. The Hall–Kier alpha value is -4.28. The molecule has 3 aromatic heterocycles. The number of tetrazole rings is 1. The zero-order valence-corrected chi connectivity index (χ0v) is 23.0.